The molecule has 134 valence electrons. The van der Waals surface area contributed by atoms with Crippen LogP contribution in [-0.2, 0) is 6.42 Å². The number of nitrogens with one attached hydrogen (secondary N) is 1. The first kappa shape index (κ1) is 17.0. The first-order valence-electron chi connectivity index (χ1n) is 9.00. The van der Waals surface area contributed by atoms with Crippen molar-refractivity contribution in [1.29, 1.82) is 0 Å². The van der Waals surface area contributed by atoms with Gasteiger partial charge in [-0.2, -0.15) is 0 Å². The Labute approximate surface area is 158 Å². The van der Waals surface area contributed by atoms with Crippen LogP contribution >= 0.6 is 0 Å². The molecule has 2 amide bonds. The highest BCUT2D eigenvalue weighted by Gasteiger charge is 2.25. The Morgan fingerprint density at radius 2 is 1.63 bits per heavy atom. The quantitative estimate of drug-likeness (QED) is 0.754. The molecule has 4 heteroatoms. The molecule has 0 spiro atoms. The van der Waals surface area contributed by atoms with Crippen LogP contribution in [0.1, 0.15) is 31.8 Å². The molecule has 0 radical (unpaired) electrons. The van der Waals surface area contributed by atoms with Gasteiger partial charge in [-0.15, -0.1) is 0 Å². The van der Waals surface area contributed by atoms with Crippen LogP contribution in [-0.4, -0.2) is 18.4 Å². The summed E-state index contributed by atoms with van der Waals surface area (Å²) in [7, 11) is 0. The number of carbonyl (C=O) groups excluding carboxylic acids is 2. The molecule has 3 aromatic carbocycles. The zero-order chi connectivity index (χ0) is 18.8. The Balaban J connectivity index is 1.59. The monoisotopic (exact) mass is 356 g/mol. The summed E-state index contributed by atoms with van der Waals surface area (Å²) in [5, 5.41) is 2.92. The van der Waals surface area contributed by atoms with Crippen molar-refractivity contribution in [3.63, 3.8) is 0 Å². The highest BCUT2D eigenvalue weighted by Crippen LogP contribution is 2.29. The Morgan fingerprint density at radius 3 is 2.44 bits per heavy atom. The molecule has 0 saturated heterocycles. The van der Waals surface area contributed by atoms with E-state index in [-0.39, 0.29) is 11.8 Å². The third-order valence-electron chi connectivity index (χ3n) is 4.90. The van der Waals surface area contributed by atoms with Gasteiger partial charge in [0.05, 0.1) is 0 Å². The van der Waals surface area contributed by atoms with Gasteiger partial charge in [-0.3, -0.25) is 9.59 Å². The number of hydrogen-bond acceptors (Lipinski definition) is 2. The van der Waals surface area contributed by atoms with E-state index in [1.165, 1.54) is 5.56 Å². The number of fused-ring (bicyclic) bond motifs is 1. The van der Waals surface area contributed by atoms with Crippen LogP contribution in [0.25, 0.3) is 0 Å². The summed E-state index contributed by atoms with van der Waals surface area (Å²) in [6.07, 6.45) is 0.866. The molecule has 1 N–H and O–H groups in total. The van der Waals surface area contributed by atoms with Gasteiger partial charge in [0.2, 0.25) is 0 Å². The second-order valence-corrected chi connectivity index (χ2v) is 6.69. The van der Waals surface area contributed by atoms with Gasteiger partial charge in [0.25, 0.3) is 11.8 Å². The molecule has 4 rings (SSSR count). The van der Waals surface area contributed by atoms with Crippen LogP contribution in [0.3, 0.4) is 0 Å². The minimum Gasteiger partial charge on any atom is -0.322 e. The van der Waals surface area contributed by atoms with E-state index in [2.05, 4.69) is 11.4 Å². The van der Waals surface area contributed by atoms with E-state index < -0.39 is 0 Å². The van der Waals surface area contributed by atoms with Gasteiger partial charge in [0, 0.05) is 29.0 Å². The molecule has 1 aliphatic rings. The number of anilines is 2. The summed E-state index contributed by atoms with van der Waals surface area (Å²) in [5.74, 6) is -0.232. The molecule has 3 aromatic rings. The van der Waals surface area contributed by atoms with Crippen molar-refractivity contribution in [1.82, 2.24) is 0 Å². The number of carbonyl (C=O) groups is 2. The number of benzene rings is 3. The molecular formula is C23H20N2O2. The number of hydrogen-bond donors (Lipinski definition) is 1. The molecule has 0 atom stereocenters. The van der Waals surface area contributed by atoms with Crippen LogP contribution in [0.5, 0.6) is 0 Å². The lowest BCUT2D eigenvalue weighted by atomic mass is 10.1. The van der Waals surface area contributed by atoms with Gasteiger partial charge in [-0.1, -0.05) is 42.5 Å². The minimum atomic E-state index is -0.185. The van der Waals surface area contributed by atoms with Crippen LogP contribution in [0, 0.1) is 6.92 Å². The van der Waals surface area contributed by atoms with E-state index in [1.807, 2.05) is 60.4 Å². The molecule has 0 aliphatic carbocycles. The SMILES string of the molecule is Cc1ccc(C(=O)N2CCc3ccccc32)cc1NC(=O)c1ccccc1. The third kappa shape index (κ3) is 3.34. The molecule has 0 unspecified atom stereocenters. The van der Waals surface area contributed by atoms with Crippen LogP contribution in [0.15, 0.2) is 72.8 Å². The number of amides is 2. The summed E-state index contributed by atoms with van der Waals surface area (Å²) in [6.45, 7) is 2.60. The Bertz CT molecular complexity index is 1010. The molecule has 0 fully saturated rings. The van der Waals surface area contributed by atoms with Crippen LogP contribution < -0.4 is 10.2 Å². The second kappa shape index (κ2) is 7.08. The largest absolute Gasteiger partial charge is 0.322 e. The molecule has 1 aliphatic heterocycles. The number of nitrogens with zero attached hydrogens (tertiary/aromatic N) is 1. The summed E-state index contributed by atoms with van der Waals surface area (Å²) < 4.78 is 0. The van der Waals surface area contributed by atoms with Crippen molar-refractivity contribution in [3.8, 4) is 0 Å². The normalized spacial score (nSPS) is 12.6. The van der Waals surface area contributed by atoms with Gasteiger partial charge in [-0.25, -0.2) is 0 Å². The zero-order valence-corrected chi connectivity index (χ0v) is 15.1. The minimum absolute atomic E-state index is 0.0461. The molecule has 0 saturated carbocycles. The van der Waals surface area contributed by atoms with Crippen molar-refractivity contribution < 1.29 is 9.59 Å². The van der Waals surface area contributed by atoms with E-state index in [9.17, 15) is 9.59 Å². The molecular weight excluding hydrogens is 336 g/mol. The second-order valence-electron chi connectivity index (χ2n) is 6.69. The highest BCUT2D eigenvalue weighted by molar-refractivity contribution is 6.09. The Hall–Kier alpha value is -3.40. The van der Waals surface area contributed by atoms with Gasteiger partial charge < -0.3 is 10.2 Å². The molecule has 1 heterocycles. The average molecular weight is 356 g/mol. The van der Waals surface area contributed by atoms with Gasteiger partial charge >= 0.3 is 0 Å². The van der Waals surface area contributed by atoms with E-state index in [1.54, 1.807) is 18.2 Å². The number of aryl methyl sites for hydroxylation is 1. The van der Waals surface area contributed by atoms with E-state index in [0.29, 0.717) is 23.4 Å². The van der Waals surface area contributed by atoms with Crippen LogP contribution in [0.4, 0.5) is 11.4 Å². The van der Waals surface area contributed by atoms with Crippen molar-refractivity contribution >= 4 is 23.2 Å². The van der Waals surface area contributed by atoms with E-state index in [0.717, 1.165) is 17.7 Å². The van der Waals surface area contributed by atoms with E-state index >= 15 is 0 Å². The third-order valence-corrected chi connectivity index (χ3v) is 4.90. The van der Waals surface area contributed by atoms with Gasteiger partial charge in [0.1, 0.15) is 0 Å². The lowest BCUT2D eigenvalue weighted by Gasteiger charge is -2.18. The predicted octanol–water partition coefficient (Wildman–Crippen LogP) is 4.45. The molecule has 27 heavy (non-hydrogen) atoms. The summed E-state index contributed by atoms with van der Waals surface area (Å²) >= 11 is 0. The Morgan fingerprint density at radius 1 is 0.889 bits per heavy atom. The highest BCUT2D eigenvalue weighted by atomic mass is 16.2. The maximum Gasteiger partial charge on any atom is 0.258 e. The van der Waals surface area contributed by atoms with E-state index in [4.69, 9.17) is 0 Å². The van der Waals surface area contributed by atoms with Gasteiger partial charge in [-0.05, 0) is 54.8 Å². The maximum atomic E-state index is 13.0. The molecule has 4 nitrogen and oxygen atoms in total. The summed E-state index contributed by atoms with van der Waals surface area (Å²) in [5.41, 5.74) is 4.89. The van der Waals surface area contributed by atoms with Gasteiger partial charge in [0.15, 0.2) is 0 Å². The predicted molar refractivity (Wildman–Crippen MR) is 107 cm³/mol. The summed E-state index contributed by atoms with van der Waals surface area (Å²) in [6, 6.07) is 22.5. The smallest absolute Gasteiger partial charge is 0.258 e. The average Bonchev–Trinajstić information content (AvgIpc) is 3.14. The van der Waals surface area contributed by atoms with Crippen molar-refractivity contribution in [2.45, 2.75) is 13.3 Å². The zero-order valence-electron chi connectivity index (χ0n) is 15.1. The van der Waals surface area contributed by atoms with Crippen molar-refractivity contribution in [3.05, 3.63) is 95.1 Å². The van der Waals surface area contributed by atoms with Crippen molar-refractivity contribution in [2.24, 2.45) is 0 Å². The first-order valence-corrected chi connectivity index (χ1v) is 9.00. The van der Waals surface area contributed by atoms with Crippen molar-refractivity contribution in [2.75, 3.05) is 16.8 Å². The number of para-hydroxylation sites is 1. The standard InChI is InChI=1S/C23H20N2O2/c1-16-11-12-19(15-20(16)24-22(26)18-8-3-2-4-9-18)23(27)25-14-13-17-7-5-6-10-21(17)25/h2-12,15H,13-14H2,1H3,(H,24,26). The molecule has 0 bridgehead atoms. The fourth-order valence-corrected chi connectivity index (χ4v) is 3.38. The fraction of sp³-hybridized carbons (Fsp3) is 0.130. The topological polar surface area (TPSA) is 49.4 Å². The lowest BCUT2D eigenvalue weighted by Crippen LogP contribution is -2.29. The summed E-state index contributed by atoms with van der Waals surface area (Å²) in [4.78, 5) is 27.3. The molecule has 0 aromatic heterocycles. The lowest BCUT2D eigenvalue weighted by molar-refractivity contribution is 0.0986. The number of rotatable bonds is 3. The Kier molecular flexibility index (Phi) is 4.47. The van der Waals surface area contributed by atoms with Crippen LogP contribution in [0.2, 0.25) is 0 Å². The first-order chi connectivity index (χ1) is 13.1. The maximum absolute atomic E-state index is 13.0. The fourth-order valence-electron chi connectivity index (χ4n) is 3.38.